The molecule has 0 heterocycles. The first-order valence-corrected chi connectivity index (χ1v) is 9.51. The lowest BCUT2D eigenvalue weighted by Crippen LogP contribution is -2.35. The van der Waals surface area contributed by atoms with E-state index in [1.165, 1.54) is 4.31 Å². The number of nitrogens with zero attached hydrogens (tertiary/aromatic N) is 1. The van der Waals surface area contributed by atoms with Gasteiger partial charge in [0.05, 0.1) is 17.9 Å². The second-order valence-electron chi connectivity index (χ2n) is 6.11. The van der Waals surface area contributed by atoms with E-state index in [-0.39, 0.29) is 18.9 Å². The van der Waals surface area contributed by atoms with Crippen LogP contribution in [-0.4, -0.2) is 38.4 Å². The summed E-state index contributed by atoms with van der Waals surface area (Å²) in [4.78, 5) is 11.9. The summed E-state index contributed by atoms with van der Waals surface area (Å²) in [6.45, 7) is 6.56. The van der Waals surface area contributed by atoms with E-state index in [4.69, 9.17) is 4.74 Å². The van der Waals surface area contributed by atoms with Crippen LogP contribution < -0.4 is 0 Å². The van der Waals surface area contributed by atoms with Crippen molar-refractivity contribution in [3.05, 3.63) is 29.3 Å². The first kappa shape index (κ1) is 17.9. The first-order valence-electron chi connectivity index (χ1n) is 8.07. The molecule has 1 aliphatic rings. The van der Waals surface area contributed by atoms with Crippen molar-refractivity contribution in [2.75, 3.05) is 19.7 Å². The van der Waals surface area contributed by atoms with Gasteiger partial charge in [0.2, 0.25) is 10.0 Å². The molecule has 0 spiro atoms. The van der Waals surface area contributed by atoms with Crippen LogP contribution in [0.25, 0.3) is 0 Å². The van der Waals surface area contributed by atoms with Crippen LogP contribution in [0.5, 0.6) is 0 Å². The van der Waals surface area contributed by atoms with Crippen LogP contribution in [0, 0.1) is 19.8 Å². The minimum absolute atomic E-state index is 0.0879. The summed E-state index contributed by atoms with van der Waals surface area (Å²) >= 11 is 0. The fraction of sp³-hybridized carbons (Fsp3) is 0.588. The Labute approximate surface area is 138 Å². The summed E-state index contributed by atoms with van der Waals surface area (Å²) in [7, 11) is -3.58. The van der Waals surface area contributed by atoms with E-state index >= 15 is 0 Å². The molecule has 0 aliphatic heterocycles. The highest BCUT2D eigenvalue weighted by Crippen LogP contribution is 2.32. The van der Waals surface area contributed by atoms with Crippen LogP contribution in [0.3, 0.4) is 0 Å². The second-order valence-corrected chi connectivity index (χ2v) is 8.05. The smallest absolute Gasteiger partial charge is 0.307 e. The SMILES string of the molecule is CCOC(=O)CCN(CC1CC1)S(=O)(=O)c1ccc(C)c(C)c1. The summed E-state index contributed by atoms with van der Waals surface area (Å²) in [6.07, 6.45) is 2.20. The Morgan fingerprint density at radius 1 is 1.26 bits per heavy atom. The van der Waals surface area contributed by atoms with Crippen molar-refractivity contribution in [1.82, 2.24) is 4.31 Å². The van der Waals surface area contributed by atoms with Crippen LogP contribution >= 0.6 is 0 Å². The zero-order valence-corrected chi connectivity index (χ0v) is 14.9. The summed E-state index contributed by atoms with van der Waals surface area (Å²) in [5.41, 5.74) is 2.01. The number of sulfonamides is 1. The lowest BCUT2D eigenvalue weighted by atomic mass is 10.1. The Hall–Kier alpha value is -1.40. The molecule has 0 N–H and O–H groups in total. The Balaban J connectivity index is 2.17. The van der Waals surface area contributed by atoms with Crippen LogP contribution in [0.4, 0.5) is 0 Å². The predicted molar refractivity (Wildman–Crippen MR) is 88.6 cm³/mol. The Kier molecular flexibility index (Phi) is 5.81. The molecule has 0 bridgehead atoms. The molecule has 2 rings (SSSR count). The quantitative estimate of drug-likeness (QED) is 0.683. The minimum atomic E-state index is -3.58. The zero-order chi connectivity index (χ0) is 17.0. The fourth-order valence-electron chi connectivity index (χ4n) is 2.37. The van der Waals surface area contributed by atoms with Gasteiger partial charge in [-0.15, -0.1) is 0 Å². The van der Waals surface area contributed by atoms with Gasteiger partial charge in [0.15, 0.2) is 0 Å². The van der Waals surface area contributed by atoms with Crippen molar-refractivity contribution in [1.29, 1.82) is 0 Å². The van der Waals surface area contributed by atoms with Gasteiger partial charge >= 0.3 is 5.97 Å². The van der Waals surface area contributed by atoms with Gasteiger partial charge in [0.1, 0.15) is 0 Å². The third-order valence-corrected chi connectivity index (χ3v) is 6.01. The summed E-state index contributed by atoms with van der Waals surface area (Å²) in [5.74, 6) is 0.0575. The number of ether oxygens (including phenoxy) is 1. The molecular formula is C17H25NO4S. The first-order chi connectivity index (χ1) is 10.8. The number of rotatable bonds is 8. The van der Waals surface area contributed by atoms with E-state index < -0.39 is 10.0 Å². The molecule has 1 saturated carbocycles. The molecule has 128 valence electrons. The Morgan fingerprint density at radius 3 is 2.52 bits per heavy atom. The van der Waals surface area contributed by atoms with E-state index in [1.807, 2.05) is 19.9 Å². The third kappa shape index (κ3) is 4.78. The van der Waals surface area contributed by atoms with Crippen LogP contribution in [0.15, 0.2) is 23.1 Å². The van der Waals surface area contributed by atoms with Crippen LogP contribution in [0.2, 0.25) is 0 Å². The molecule has 0 saturated heterocycles. The van der Waals surface area contributed by atoms with Gasteiger partial charge in [-0.05, 0) is 62.8 Å². The molecule has 1 fully saturated rings. The van der Waals surface area contributed by atoms with Crippen LogP contribution in [-0.2, 0) is 19.6 Å². The molecule has 1 aromatic carbocycles. The van der Waals surface area contributed by atoms with E-state index in [0.717, 1.165) is 24.0 Å². The Bertz CT molecular complexity index is 665. The van der Waals surface area contributed by atoms with Gasteiger partial charge in [-0.1, -0.05) is 6.07 Å². The maximum Gasteiger partial charge on any atom is 0.307 e. The summed E-state index contributed by atoms with van der Waals surface area (Å²) < 4.78 is 32.1. The highest BCUT2D eigenvalue weighted by Gasteiger charge is 2.32. The normalized spacial score (nSPS) is 15.0. The number of carbonyl (C=O) groups is 1. The average Bonchev–Trinajstić information content (AvgIpc) is 3.30. The highest BCUT2D eigenvalue weighted by atomic mass is 32.2. The van der Waals surface area contributed by atoms with Gasteiger partial charge < -0.3 is 4.74 Å². The van der Waals surface area contributed by atoms with Gasteiger partial charge in [-0.25, -0.2) is 8.42 Å². The number of hydrogen-bond donors (Lipinski definition) is 0. The maximum atomic E-state index is 12.9. The number of aryl methyl sites for hydroxylation is 2. The topological polar surface area (TPSA) is 63.7 Å². The van der Waals surface area contributed by atoms with Gasteiger partial charge in [0.25, 0.3) is 0 Å². The third-order valence-electron chi connectivity index (χ3n) is 4.15. The van der Waals surface area contributed by atoms with Crippen molar-refractivity contribution >= 4 is 16.0 Å². The van der Waals surface area contributed by atoms with E-state index in [2.05, 4.69) is 0 Å². The van der Waals surface area contributed by atoms with E-state index in [9.17, 15) is 13.2 Å². The lowest BCUT2D eigenvalue weighted by Gasteiger charge is -2.22. The molecule has 0 aromatic heterocycles. The molecule has 6 heteroatoms. The second kappa shape index (κ2) is 7.45. The number of benzene rings is 1. The summed E-state index contributed by atoms with van der Waals surface area (Å²) in [5, 5.41) is 0. The van der Waals surface area contributed by atoms with Gasteiger partial charge in [-0.2, -0.15) is 4.31 Å². The van der Waals surface area contributed by atoms with E-state index in [1.54, 1.807) is 19.1 Å². The molecule has 0 radical (unpaired) electrons. The summed E-state index contributed by atoms with van der Waals surface area (Å²) in [6, 6.07) is 5.17. The molecular weight excluding hydrogens is 314 g/mol. The fourth-order valence-corrected chi connectivity index (χ4v) is 3.97. The monoisotopic (exact) mass is 339 g/mol. The number of esters is 1. The van der Waals surface area contributed by atoms with Gasteiger partial charge in [-0.3, -0.25) is 4.79 Å². The predicted octanol–water partition coefficient (Wildman–Crippen LogP) is 2.66. The molecule has 23 heavy (non-hydrogen) atoms. The molecule has 1 aromatic rings. The molecule has 0 unspecified atom stereocenters. The van der Waals surface area contributed by atoms with Crippen molar-refractivity contribution in [2.24, 2.45) is 5.92 Å². The minimum Gasteiger partial charge on any atom is -0.466 e. The molecule has 5 nitrogen and oxygen atoms in total. The van der Waals surface area contributed by atoms with Crippen molar-refractivity contribution in [2.45, 2.75) is 44.9 Å². The Morgan fingerprint density at radius 2 is 1.96 bits per heavy atom. The molecule has 1 aliphatic carbocycles. The van der Waals surface area contributed by atoms with Crippen molar-refractivity contribution in [3.63, 3.8) is 0 Å². The van der Waals surface area contributed by atoms with Crippen molar-refractivity contribution < 1.29 is 17.9 Å². The number of hydrogen-bond acceptors (Lipinski definition) is 4. The zero-order valence-electron chi connectivity index (χ0n) is 14.0. The largest absolute Gasteiger partial charge is 0.466 e. The van der Waals surface area contributed by atoms with Gasteiger partial charge in [0, 0.05) is 13.1 Å². The number of carbonyl (C=O) groups excluding carboxylic acids is 1. The highest BCUT2D eigenvalue weighted by molar-refractivity contribution is 7.89. The van der Waals surface area contributed by atoms with E-state index in [0.29, 0.717) is 24.0 Å². The maximum absolute atomic E-state index is 12.9. The van der Waals surface area contributed by atoms with Crippen molar-refractivity contribution in [3.8, 4) is 0 Å². The molecule has 0 amide bonds. The molecule has 0 atom stereocenters. The lowest BCUT2D eigenvalue weighted by molar-refractivity contribution is -0.143. The van der Waals surface area contributed by atoms with Crippen LogP contribution in [0.1, 0.15) is 37.3 Å². The standard InChI is InChI=1S/C17H25NO4S/c1-4-22-17(19)9-10-18(12-15-6-7-15)23(20,21)16-8-5-13(2)14(3)11-16/h5,8,11,15H,4,6-7,9-10,12H2,1-3H3. The average molecular weight is 339 g/mol.